The number of hydrogen-bond donors (Lipinski definition) is 2. The number of carbonyl (C=O) groups excluding carboxylic acids is 1. The van der Waals surface area contributed by atoms with Crippen molar-refractivity contribution in [2.75, 3.05) is 27.2 Å². The van der Waals surface area contributed by atoms with Gasteiger partial charge in [0.05, 0.1) is 12.3 Å². The van der Waals surface area contributed by atoms with E-state index in [1.165, 1.54) is 0 Å². The van der Waals surface area contributed by atoms with Crippen molar-refractivity contribution in [3.63, 3.8) is 0 Å². The fourth-order valence-corrected chi connectivity index (χ4v) is 2.00. The van der Waals surface area contributed by atoms with Gasteiger partial charge < -0.3 is 15.1 Å². The summed E-state index contributed by atoms with van der Waals surface area (Å²) in [5, 5.41) is 6.19. The molecule has 1 aromatic rings. The second-order valence-electron chi connectivity index (χ2n) is 4.96. The minimum atomic E-state index is 0.0619. The zero-order valence-corrected chi connectivity index (χ0v) is 12.3. The van der Waals surface area contributed by atoms with Crippen molar-refractivity contribution < 1.29 is 9.21 Å². The highest BCUT2D eigenvalue weighted by atomic mass is 16.3. The predicted molar refractivity (Wildman–Crippen MR) is 75.9 cm³/mol. The van der Waals surface area contributed by atoms with Gasteiger partial charge in [-0.2, -0.15) is 0 Å². The molecule has 1 heterocycles. The summed E-state index contributed by atoms with van der Waals surface area (Å²) >= 11 is 0. The number of amides is 1. The van der Waals surface area contributed by atoms with Gasteiger partial charge in [0.25, 0.3) is 0 Å². The highest BCUT2D eigenvalue weighted by Gasteiger charge is 2.18. The van der Waals surface area contributed by atoms with E-state index in [0.717, 1.165) is 12.3 Å². The molecule has 5 heteroatoms. The highest BCUT2D eigenvalue weighted by Crippen LogP contribution is 2.17. The lowest BCUT2D eigenvalue weighted by atomic mass is 10.2. The first-order valence-corrected chi connectivity index (χ1v) is 6.74. The summed E-state index contributed by atoms with van der Waals surface area (Å²) in [5.74, 6) is 0.928. The molecule has 0 aliphatic rings. The molecule has 1 rings (SSSR count). The molecule has 5 nitrogen and oxygen atoms in total. The molecule has 0 aromatic carbocycles. The summed E-state index contributed by atoms with van der Waals surface area (Å²) in [4.78, 5) is 13.9. The van der Waals surface area contributed by atoms with Gasteiger partial charge in [0, 0.05) is 19.0 Å². The van der Waals surface area contributed by atoms with Crippen LogP contribution in [0.3, 0.4) is 0 Å². The minimum Gasteiger partial charge on any atom is -0.468 e. The van der Waals surface area contributed by atoms with Crippen LogP contribution in [0.25, 0.3) is 0 Å². The Balaban J connectivity index is 2.42. The Morgan fingerprint density at radius 3 is 2.74 bits per heavy atom. The van der Waals surface area contributed by atoms with E-state index in [2.05, 4.69) is 10.6 Å². The first-order valence-electron chi connectivity index (χ1n) is 6.74. The average Bonchev–Trinajstić information content (AvgIpc) is 2.82. The van der Waals surface area contributed by atoms with Crippen molar-refractivity contribution in [3.8, 4) is 0 Å². The van der Waals surface area contributed by atoms with E-state index in [-0.39, 0.29) is 18.0 Å². The predicted octanol–water partition coefficient (Wildman–Crippen LogP) is 1.39. The minimum absolute atomic E-state index is 0.0619. The quantitative estimate of drug-likeness (QED) is 0.747. The van der Waals surface area contributed by atoms with Crippen LogP contribution in [0.5, 0.6) is 0 Å². The second kappa shape index (κ2) is 7.96. The van der Waals surface area contributed by atoms with Crippen LogP contribution in [-0.2, 0) is 4.79 Å². The first-order chi connectivity index (χ1) is 9.04. The molecule has 0 spiro atoms. The Morgan fingerprint density at radius 1 is 1.47 bits per heavy atom. The Labute approximate surface area is 115 Å². The van der Waals surface area contributed by atoms with Crippen LogP contribution in [0.1, 0.15) is 32.1 Å². The maximum absolute atomic E-state index is 11.8. The van der Waals surface area contributed by atoms with Gasteiger partial charge in [0.2, 0.25) is 5.91 Å². The Morgan fingerprint density at radius 2 is 2.21 bits per heavy atom. The SMILES string of the molecule is CCNC(C)CC(=O)NCC(c1ccco1)N(C)C. The summed E-state index contributed by atoms with van der Waals surface area (Å²) in [5.41, 5.74) is 0. The normalized spacial score (nSPS) is 14.4. The maximum Gasteiger partial charge on any atom is 0.221 e. The number of carbonyl (C=O) groups is 1. The molecule has 108 valence electrons. The van der Waals surface area contributed by atoms with Crippen LogP contribution in [0.15, 0.2) is 22.8 Å². The summed E-state index contributed by atoms with van der Waals surface area (Å²) in [6.07, 6.45) is 2.15. The molecule has 2 N–H and O–H groups in total. The molecular weight excluding hydrogens is 242 g/mol. The van der Waals surface area contributed by atoms with Crippen molar-refractivity contribution in [2.45, 2.75) is 32.4 Å². The van der Waals surface area contributed by atoms with Crippen LogP contribution < -0.4 is 10.6 Å². The van der Waals surface area contributed by atoms with Crippen LogP contribution in [-0.4, -0.2) is 44.0 Å². The number of nitrogens with one attached hydrogen (secondary N) is 2. The van der Waals surface area contributed by atoms with E-state index in [9.17, 15) is 4.79 Å². The molecule has 1 aromatic heterocycles. The number of likely N-dealkylation sites (N-methyl/N-ethyl adjacent to an activating group) is 1. The van der Waals surface area contributed by atoms with Gasteiger partial charge >= 0.3 is 0 Å². The maximum atomic E-state index is 11.8. The van der Waals surface area contributed by atoms with E-state index in [1.54, 1.807) is 6.26 Å². The third-order valence-electron chi connectivity index (χ3n) is 3.03. The van der Waals surface area contributed by atoms with Crippen molar-refractivity contribution in [3.05, 3.63) is 24.2 Å². The summed E-state index contributed by atoms with van der Waals surface area (Å²) in [6, 6.07) is 4.05. The zero-order valence-electron chi connectivity index (χ0n) is 12.3. The van der Waals surface area contributed by atoms with Crippen molar-refractivity contribution >= 4 is 5.91 Å². The molecule has 0 saturated heterocycles. The fourth-order valence-electron chi connectivity index (χ4n) is 2.00. The van der Waals surface area contributed by atoms with Crippen LogP contribution >= 0.6 is 0 Å². The van der Waals surface area contributed by atoms with E-state index in [1.807, 2.05) is 45.0 Å². The Kier molecular flexibility index (Phi) is 6.59. The van der Waals surface area contributed by atoms with Gasteiger partial charge in [-0.05, 0) is 39.7 Å². The Hall–Kier alpha value is -1.33. The van der Waals surface area contributed by atoms with Crippen LogP contribution in [0.4, 0.5) is 0 Å². The van der Waals surface area contributed by atoms with E-state index in [0.29, 0.717) is 13.0 Å². The molecule has 0 bridgehead atoms. The van der Waals surface area contributed by atoms with Crippen molar-refractivity contribution in [2.24, 2.45) is 0 Å². The molecule has 0 fully saturated rings. The lowest BCUT2D eigenvalue weighted by Gasteiger charge is -2.23. The van der Waals surface area contributed by atoms with Gasteiger partial charge in [0.1, 0.15) is 5.76 Å². The summed E-state index contributed by atoms with van der Waals surface area (Å²) < 4.78 is 5.40. The van der Waals surface area contributed by atoms with Gasteiger partial charge in [-0.25, -0.2) is 0 Å². The number of hydrogen-bond acceptors (Lipinski definition) is 4. The molecule has 0 aliphatic carbocycles. The molecular formula is C14H25N3O2. The average molecular weight is 267 g/mol. The van der Waals surface area contributed by atoms with Gasteiger partial charge in [0.15, 0.2) is 0 Å². The van der Waals surface area contributed by atoms with Crippen molar-refractivity contribution in [1.82, 2.24) is 15.5 Å². The van der Waals surface area contributed by atoms with E-state index < -0.39 is 0 Å². The summed E-state index contributed by atoms with van der Waals surface area (Å²) in [6.45, 7) is 5.48. The molecule has 0 radical (unpaired) electrons. The third kappa shape index (κ3) is 5.44. The van der Waals surface area contributed by atoms with Gasteiger partial charge in [-0.15, -0.1) is 0 Å². The lowest BCUT2D eigenvalue weighted by molar-refractivity contribution is -0.121. The third-order valence-corrected chi connectivity index (χ3v) is 3.03. The Bertz CT molecular complexity index is 363. The topological polar surface area (TPSA) is 57.5 Å². The molecule has 2 unspecified atom stereocenters. The fraction of sp³-hybridized carbons (Fsp3) is 0.643. The molecule has 0 saturated carbocycles. The van der Waals surface area contributed by atoms with Gasteiger partial charge in [-0.1, -0.05) is 6.92 Å². The largest absolute Gasteiger partial charge is 0.468 e. The van der Waals surface area contributed by atoms with Crippen LogP contribution in [0, 0.1) is 0 Å². The monoisotopic (exact) mass is 267 g/mol. The molecule has 2 atom stereocenters. The molecule has 1 amide bonds. The number of nitrogens with zero attached hydrogens (tertiary/aromatic N) is 1. The summed E-state index contributed by atoms with van der Waals surface area (Å²) in [7, 11) is 3.95. The smallest absolute Gasteiger partial charge is 0.221 e. The second-order valence-corrected chi connectivity index (χ2v) is 4.96. The number of rotatable bonds is 8. The zero-order chi connectivity index (χ0) is 14.3. The van der Waals surface area contributed by atoms with Crippen LogP contribution in [0.2, 0.25) is 0 Å². The van der Waals surface area contributed by atoms with Gasteiger partial charge in [-0.3, -0.25) is 9.69 Å². The highest BCUT2D eigenvalue weighted by molar-refractivity contribution is 5.76. The standard InChI is InChI=1S/C14H25N3O2/c1-5-15-11(2)9-14(18)16-10-12(17(3)4)13-7-6-8-19-13/h6-8,11-12,15H,5,9-10H2,1-4H3,(H,16,18). The molecule has 0 aliphatic heterocycles. The molecule has 19 heavy (non-hydrogen) atoms. The van der Waals surface area contributed by atoms with E-state index >= 15 is 0 Å². The number of furan rings is 1. The first kappa shape index (κ1) is 15.7. The van der Waals surface area contributed by atoms with Crippen molar-refractivity contribution in [1.29, 1.82) is 0 Å². The van der Waals surface area contributed by atoms with E-state index in [4.69, 9.17) is 4.42 Å². The lowest BCUT2D eigenvalue weighted by Crippen LogP contribution is -2.37.